The summed E-state index contributed by atoms with van der Waals surface area (Å²) in [6.45, 7) is 8.72. The topological polar surface area (TPSA) is 193 Å². The number of ether oxygens (including phenoxy) is 1. The molecule has 0 radical (unpaired) electrons. The Balaban J connectivity index is 1.89. The lowest BCUT2D eigenvalue weighted by Crippen LogP contribution is -2.39. The van der Waals surface area contributed by atoms with Crippen LogP contribution >= 0.6 is 7.60 Å². The quantitative estimate of drug-likeness (QED) is 0.262. The van der Waals surface area contributed by atoms with Crippen molar-refractivity contribution in [2.24, 2.45) is 0 Å². The number of aliphatic hydroxyl groups excluding tert-OH is 2. The molecule has 7 atom stereocenters. The van der Waals surface area contributed by atoms with Crippen LogP contribution in [0.5, 0.6) is 0 Å². The van der Waals surface area contributed by atoms with E-state index in [9.17, 15) is 29.3 Å². The third-order valence-corrected chi connectivity index (χ3v) is 9.04. The molecule has 5 N–H and O–H groups in total. The average molecular weight is 530 g/mol. The molecule has 2 aromatic rings. The van der Waals surface area contributed by atoms with Crippen LogP contribution in [-0.2, 0) is 26.8 Å². The lowest BCUT2D eigenvalue weighted by molar-refractivity contribution is -0.0475. The van der Waals surface area contributed by atoms with Gasteiger partial charge in [0.25, 0.3) is 5.56 Å². The van der Waals surface area contributed by atoms with Gasteiger partial charge < -0.3 is 29.4 Å². The van der Waals surface area contributed by atoms with Crippen molar-refractivity contribution in [3.63, 3.8) is 0 Å². The third kappa shape index (κ3) is 6.04. The van der Waals surface area contributed by atoms with Gasteiger partial charge >= 0.3 is 13.3 Å². The molecule has 202 valence electrons. The van der Waals surface area contributed by atoms with Gasteiger partial charge in [-0.25, -0.2) is 9.48 Å². The summed E-state index contributed by atoms with van der Waals surface area (Å²) < 4.78 is 25.8. The molecule has 3 unspecified atom stereocenters. The molecular weight excluding hydrogens is 493 g/mol. The highest BCUT2D eigenvalue weighted by molar-refractivity contribution is 7.53. The molecule has 36 heavy (non-hydrogen) atoms. The van der Waals surface area contributed by atoms with E-state index < -0.39 is 54.5 Å². The second-order valence-corrected chi connectivity index (χ2v) is 11.8. The summed E-state index contributed by atoms with van der Waals surface area (Å²) in [5.41, 5.74) is -2.42. The van der Waals surface area contributed by atoms with Gasteiger partial charge in [-0.15, -0.1) is 5.10 Å². The summed E-state index contributed by atoms with van der Waals surface area (Å²) in [7, 11) is -3.96. The van der Waals surface area contributed by atoms with Gasteiger partial charge in [0.1, 0.15) is 18.3 Å². The standard InChI is InChI=1S/C22H36N5O8P/c1-6-12(4)36(32,33)35-22(5,8-3)9-15-17(28)18(29)19(34-15)16-14(23-21(31)24-20(16)30)11-27-10-13(7-2)25-26-27/h10,12,15,17-19,28-29H,6-9,11H2,1-5H3,(H,32,33)(H2,23,24,30,31)/t12?,15-,17?,18+,19+,22+/m1/s1. The molecule has 2 aromatic heterocycles. The molecule has 0 amide bonds. The average Bonchev–Trinajstić information content (AvgIpc) is 3.37. The van der Waals surface area contributed by atoms with E-state index in [4.69, 9.17) is 9.26 Å². The number of H-pyrrole nitrogens is 2. The van der Waals surface area contributed by atoms with E-state index in [2.05, 4.69) is 20.3 Å². The van der Waals surface area contributed by atoms with Crippen molar-refractivity contribution in [1.82, 2.24) is 25.0 Å². The van der Waals surface area contributed by atoms with Crippen LogP contribution in [0.25, 0.3) is 0 Å². The number of hydrogen-bond donors (Lipinski definition) is 5. The Morgan fingerprint density at radius 3 is 2.53 bits per heavy atom. The van der Waals surface area contributed by atoms with Crippen LogP contribution in [0.1, 0.15) is 76.9 Å². The Hall–Kier alpha value is -2.15. The van der Waals surface area contributed by atoms with Crippen LogP contribution in [0.2, 0.25) is 0 Å². The minimum Gasteiger partial charge on any atom is -0.388 e. The molecule has 13 nitrogen and oxygen atoms in total. The number of hydrogen-bond acceptors (Lipinski definition) is 9. The zero-order valence-corrected chi connectivity index (χ0v) is 22.1. The highest BCUT2D eigenvalue weighted by Gasteiger charge is 2.49. The van der Waals surface area contributed by atoms with E-state index in [1.54, 1.807) is 33.9 Å². The smallest absolute Gasteiger partial charge is 0.331 e. The van der Waals surface area contributed by atoms with Gasteiger partial charge in [-0.3, -0.25) is 14.3 Å². The van der Waals surface area contributed by atoms with E-state index >= 15 is 0 Å². The van der Waals surface area contributed by atoms with Crippen LogP contribution in [0, 0.1) is 0 Å². The Labute approximate surface area is 208 Å². The second-order valence-electron chi connectivity index (χ2n) is 9.56. The van der Waals surface area contributed by atoms with Gasteiger partial charge in [-0.1, -0.05) is 32.9 Å². The van der Waals surface area contributed by atoms with Gasteiger partial charge in [-0.2, -0.15) is 0 Å². The van der Waals surface area contributed by atoms with Gasteiger partial charge in [0.05, 0.1) is 40.9 Å². The number of aromatic amines is 2. The first kappa shape index (κ1) is 28.4. The first-order chi connectivity index (χ1) is 16.8. The van der Waals surface area contributed by atoms with Crippen molar-refractivity contribution in [3.8, 4) is 0 Å². The van der Waals surface area contributed by atoms with Crippen LogP contribution < -0.4 is 11.2 Å². The van der Waals surface area contributed by atoms with E-state index in [0.29, 0.717) is 25.0 Å². The largest absolute Gasteiger partial charge is 0.388 e. The zero-order chi connectivity index (χ0) is 26.8. The summed E-state index contributed by atoms with van der Waals surface area (Å²) in [5, 5.41) is 29.6. The fourth-order valence-electron chi connectivity index (χ4n) is 4.17. The maximum atomic E-state index is 12.8. The maximum absolute atomic E-state index is 12.8. The molecule has 0 aliphatic carbocycles. The van der Waals surface area contributed by atoms with Gasteiger partial charge in [0, 0.05) is 12.6 Å². The number of nitrogens with zero attached hydrogens (tertiary/aromatic N) is 3. The van der Waals surface area contributed by atoms with Crippen LogP contribution in [0.15, 0.2) is 15.8 Å². The first-order valence-electron chi connectivity index (χ1n) is 12.1. The van der Waals surface area contributed by atoms with Gasteiger partial charge in [-0.05, 0) is 26.2 Å². The Morgan fingerprint density at radius 2 is 1.94 bits per heavy atom. The van der Waals surface area contributed by atoms with Crippen LogP contribution in [-0.4, -0.2) is 69.6 Å². The van der Waals surface area contributed by atoms with Crippen molar-refractivity contribution >= 4 is 7.60 Å². The van der Waals surface area contributed by atoms with Crippen molar-refractivity contribution in [2.45, 2.75) is 103 Å². The zero-order valence-electron chi connectivity index (χ0n) is 21.2. The normalized spacial score (nSPS) is 26.4. The summed E-state index contributed by atoms with van der Waals surface area (Å²) in [6.07, 6.45) is -2.12. The summed E-state index contributed by atoms with van der Waals surface area (Å²) in [6, 6.07) is 0. The minimum atomic E-state index is -3.96. The summed E-state index contributed by atoms with van der Waals surface area (Å²) in [4.78, 5) is 39.9. The summed E-state index contributed by atoms with van der Waals surface area (Å²) >= 11 is 0. The lowest BCUT2D eigenvalue weighted by Gasteiger charge is -2.35. The second kappa shape index (κ2) is 11.1. The highest BCUT2D eigenvalue weighted by Crippen LogP contribution is 2.54. The van der Waals surface area contributed by atoms with Gasteiger partial charge in [0.2, 0.25) is 0 Å². The molecule has 0 bridgehead atoms. The molecule has 1 aliphatic rings. The van der Waals surface area contributed by atoms with Crippen LogP contribution in [0.4, 0.5) is 0 Å². The molecule has 1 fully saturated rings. The SMILES string of the molecule is CCc1cn(Cc2[nH]c(=O)[nH]c(=O)c2[C@@H]2O[C@H](C[C@](C)(CC)OP(=O)(O)C(C)CC)C(O)[C@@H]2O)nn1. The molecule has 0 spiro atoms. The summed E-state index contributed by atoms with van der Waals surface area (Å²) in [5.74, 6) is 0. The number of aryl methyl sites for hydroxylation is 1. The van der Waals surface area contributed by atoms with E-state index in [0.717, 1.165) is 0 Å². The first-order valence-corrected chi connectivity index (χ1v) is 13.8. The predicted octanol–water partition coefficient (Wildman–Crippen LogP) is 0.986. The molecular formula is C22H36N5O8P. The van der Waals surface area contributed by atoms with Crippen molar-refractivity contribution in [1.29, 1.82) is 0 Å². The lowest BCUT2D eigenvalue weighted by atomic mass is 9.92. The number of nitrogens with one attached hydrogen (secondary N) is 2. The molecule has 0 aromatic carbocycles. The number of rotatable bonds is 11. The Morgan fingerprint density at radius 1 is 1.25 bits per heavy atom. The van der Waals surface area contributed by atoms with Crippen molar-refractivity contribution < 1.29 is 28.9 Å². The highest BCUT2D eigenvalue weighted by atomic mass is 31.2. The third-order valence-electron chi connectivity index (χ3n) is 6.86. The maximum Gasteiger partial charge on any atom is 0.331 e. The monoisotopic (exact) mass is 529 g/mol. The molecule has 1 saturated heterocycles. The van der Waals surface area contributed by atoms with Crippen molar-refractivity contribution in [3.05, 3.63) is 44.0 Å². The molecule has 3 heterocycles. The molecule has 14 heteroatoms. The number of aliphatic hydroxyl groups is 2. The molecule has 1 aliphatic heterocycles. The van der Waals surface area contributed by atoms with Crippen LogP contribution in [0.3, 0.4) is 0 Å². The predicted molar refractivity (Wildman–Crippen MR) is 130 cm³/mol. The Bertz CT molecular complexity index is 1210. The fraction of sp³-hybridized carbons (Fsp3) is 0.727. The minimum absolute atomic E-state index is 0.0151. The Kier molecular flexibility index (Phi) is 8.74. The van der Waals surface area contributed by atoms with E-state index in [1.165, 1.54) is 4.68 Å². The van der Waals surface area contributed by atoms with Crippen molar-refractivity contribution in [2.75, 3.05) is 0 Å². The fourth-order valence-corrected chi connectivity index (χ4v) is 5.65. The molecule has 0 saturated carbocycles. The van der Waals surface area contributed by atoms with E-state index in [-0.39, 0.29) is 24.2 Å². The molecule has 3 rings (SSSR count). The number of aromatic nitrogens is 5. The van der Waals surface area contributed by atoms with Gasteiger partial charge in [0.15, 0.2) is 0 Å². The van der Waals surface area contributed by atoms with E-state index in [1.807, 2.05) is 6.92 Å².